The largest absolute Gasteiger partial charge is 0.504 e. The summed E-state index contributed by atoms with van der Waals surface area (Å²) in [6.45, 7) is 0.746. The van der Waals surface area contributed by atoms with E-state index in [1.165, 1.54) is 25.7 Å². The molecule has 2 rings (SSSR count). The van der Waals surface area contributed by atoms with Crippen molar-refractivity contribution in [2.45, 2.75) is 43.5 Å². The Kier molecular flexibility index (Phi) is 4.78. The van der Waals surface area contributed by atoms with Gasteiger partial charge >= 0.3 is 0 Å². The molecule has 1 aliphatic rings. The van der Waals surface area contributed by atoms with Crippen LogP contribution < -0.4 is 5.32 Å². The number of rotatable bonds is 4. The summed E-state index contributed by atoms with van der Waals surface area (Å²) in [5.74, 6) is -0.0993. The van der Waals surface area contributed by atoms with E-state index in [4.69, 9.17) is 0 Å². The summed E-state index contributed by atoms with van der Waals surface area (Å²) in [6.07, 6.45) is 7.34. The molecular weight excluding hydrogens is 246 g/mol. The van der Waals surface area contributed by atoms with Gasteiger partial charge in [0.2, 0.25) is 0 Å². The van der Waals surface area contributed by atoms with Gasteiger partial charge in [-0.05, 0) is 36.8 Å². The van der Waals surface area contributed by atoms with Crippen LogP contribution in [-0.2, 0) is 6.54 Å². The van der Waals surface area contributed by atoms with Crippen molar-refractivity contribution in [3.05, 3.63) is 23.8 Å². The Morgan fingerprint density at radius 3 is 2.72 bits per heavy atom. The van der Waals surface area contributed by atoms with Crippen LogP contribution in [0.5, 0.6) is 11.5 Å². The molecule has 0 spiro atoms. The van der Waals surface area contributed by atoms with Crippen molar-refractivity contribution >= 4 is 11.8 Å². The molecule has 1 aromatic rings. The molecule has 2 atom stereocenters. The molecule has 0 saturated heterocycles. The molecule has 0 aromatic heterocycles. The van der Waals surface area contributed by atoms with Gasteiger partial charge in [0.05, 0.1) is 0 Å². The lowest BCUT2D eigenvalue weighted by atomic mass is 9.94. The summed E-state index contributed by atoms with van der Waals surface area (Å²) >= 11 is 1.94. The third kappa shape index (κ3) is 3.33. The normalized spacial score (nSPS) is 24.1. The van der Waals surface area contributed by atoms with Crippen LogP contribution in [-0.4, -0.2) is 27.8 Å². The second-order valence-corrected chi connectivity index (χ2v) is 5.95. The van der Waals surface area contributed by atoms with Crippen molar-refractivity contribution in [3.63, 3.8) is 0 Å². The molecule has 0 bridgehead atoms. The molecule has 100 valence electrons. The molecule has 1 saturated carbocycles. The number of phenols is 2. The summed E-state index contributed by atoms with van der Waals surface area (Å²) in [7, 11) is 0. The molecule has 0 aliphatic heterocycles. The first-order chi connectivity index (χ1) is 8.70. The molecule has 4 heteroatoms. The highest BCUT2D eigenvalue weighted by atomic mass is 32.2. The van der Waals surface area contributed by atoms with E-state index >= 15 is 0 Å². The summed E-state index contributed by atoms with van der Waals surface area (Å²) in [4.78, 5) is 0. The van der Waals surface area contributed by atoms with Gasteiger partial charge in [-0.2, -0.15) is 11.8 Å². The van der Waals surface area contributed by atoms with Crippen LogP contribution in [0.15, 0.2) is 18.2 Å². The van der Waals surface area contributed by atoms with Gasteiger partial charge in [0.1, 0.15) is 0 Å². The van der Waals surface area contributed by atoms with Crippen LogP contribution in [0.1, 0.15) is 31.2 Å². The first kappa shape index (κ1) is 13.6. The van der Waals surface area contributed by atoms with Crippen LogP contribution in [0.2, 0.25) is 0 Å². The first-order valence-electron chi connectivity index (χ1n) is 6.47. The summed E-state index contributed by atoms with van der Waals surface area (Å²) in [5.41, 5.74) is 1.01. The number of hydrogen-bond donors (Lipinski definition) is 3. The van der Waals surface area contributed by atoms with Crippen LogP contribution in [0.3, 0.4) is 0 Å². The molecule has 1 aromatic carbocycles. The predicted octanol–water partition coefficient (Wildman–Crippen LogP) is 2.86. The first-order valence-corrected chi connectivity index (χ1v) is 7.76. The van der Waals surface area contributed by atoms with E-state index in [9.17, 15) is 10.2 Å². The Morgan fingerprint density at radius 1 is 1.22 bits per heavy atom. The van der Waals surface area contributed by atoms with Crippen molar-refractivity contribution in [2.24, 2.45) is 0 Å². The minimum atomic E-state index is -0.0570. The van der Waals surface area contributed by atoms with Gasteiger partial charge in [0, 0.05) is 17.8 Å². The highest BCUT2D eigenvalue weighted by Crippen LogP contribution is 2.28. The van der Waals surface area contributed by atoms with Gasteiger partial charge in [0.15, 0.2) is 11.5 Å². The van der Waals surface area contributed by atoms with Gasteiger partial charge in [-0.25, -0.2) is 0 Å². The van der Waals surface area contributed by atoms with Crippen molar-refractivity contribution in [1.82, 2.24) is 5.32 Å². The number of nitrogens with one attached hydrogen (secondary N) is 1. The summed E-state index contributed by atoms with van der Waals surface area (Å²) < 4.78 is 0. The van der Waals surface area contributed by atoms with Crippen molar-refractivity contribution in [2.75, 3.05) is 6.26 Å². The van der Waals surface area contributed by atoms with E-state index in [1.54, 1.807) is 12.1 Å². The van der Waals surface area contributed by atoms with E-state index in [0.717, 1.165) is 12.1 Å². The Hall–Kier alpha value is -0.870. The lowest BCUT2D eigenvalue weighted by Crippen LogP contribution is -2.39. The molecule has 3 nitrogen and oxygen atoms in total. The quantitative estimate of drug-likeness (QED) is 0.734. The van der Waals surface area contributed by atoms with E-state index in [1.807, 2.05) is 17.8 Å². The number of thioether (sulfide) groups is 1. The Morgan fingerprint density at radius 2 is 2.00 bits per heavy atom. The minimum Gasteiger partial charge on any atom is -0.504 e. The van der Waals surface area contributed by atoms with E-state index in [-0.39, 0.29) is 11.5 Å². The number of phenolic OH excluding ortho intramolecular Hbond substituents is 2. The summed E-state index contributed by atoms with van der Waals surface area (Å²) in [5, 5.41) is 23.0. The third-order valence-corrected chi connectivity index (χ3v) is 4.78. The van der Waals surface area contributed by atoms with Crippen LogP contribution in [0.25, 0.3) is 0 Å². The molecule has 2 unspecified atom stereocenters. The second kappa shape index (κ2) is 6.34. The van der Waals surface area contributed by atoms with Crippen LogP contribution in [0, 0.1) is 0 Å². The molecule has 3 N–H and O–H groups in total. The number of benzene rings is 1. The average Bonchev–Trinajstić information content (AvgIpc) is 2.40. The predicted molar refractivity (Wildman–Crippen MR) is 76.2 cm³/mol. The topological polar surface area (TPSA) is 52.5 Å². The van der Waals surface area contributed by atoms with Gasteiger partial charge in [-0.3, -0.25) is 0 Å². The van der Waals surface area contributed by atoms with Crippen LogP contribution in [0.4, 0.5) is 0 Å². The fourth-order valence-corrected chi connectivity index (χ4v) is 3.50. The zero-order valence-electron chi connectivity index (χ0n) is 10.7. The third-order valence-electron chi connectivity index (χ3n) is 3.61. The zero-order chi connectivity index (χ0) is 13.0. The zero-order valence-corrected chi connectivity index (χ0v) is 11.5. The lowest BCUT2D eigenvalue weighted by Gasteiger charge is -2.31. The van der Waals surface area contributed by atoms with Gasteiger partial charge in [-0.15, -0.1) is 0 Å². The van der Waals surface area contributed by atoms with Crippen molar-refractivity contribution in [3.8, 4) is 11.5 Å². The fraction of sp³-hybridized carbons (Fsp3) is 0.571. The number of hydrogen-bond acceptors (Lipinski definition) is 4. The molecule has 1 aliphatic carbocycles. The average molecular weight is 267 g/mol. The van der Waals surface area contributed by atoms with Crippen LogP contribution >= 0.6 is 11.8 Å². The van der Waals surface area contributed by atoms with Crippen molar-refractivity contribution < 1.29 is 10.2 Å². The van der Waals surface area contributed by atoms with E-state index in [2.05, 4.69) is 11.6 Å². The van der Waals surface area contributed by atoms with Gasteiger partial charge in [-0.1, -0.05) is 18.9 Å². The summed E-state index contributed by atoms with van der Waals surface area (Å²) in [6, 6.07) is 5.57. The standard InChI is InChI=1S/C14H21NO2S/c1-18-14-5-3-2-4-11(14)15-9-10-6-7-12(16)13(17)8-10/h6-8,11,14-17H,2-5,9H2,1H3. The van der Waals surface area contributed by atoms with E-state index in [0.29, 0.717) is 11.3 Å². The van der Waals surface area contributed by atoms with Crippen molar-refractivity contribution in [1.29, 1.82) is 0 Å². The fourth-order valence-electron chi connectivity index (χ4n) is 2.54. The molecule has 0 radical (unpaired) electrons. The smallest absolute Gasteiger partial charge is 0.157 e. The number of aromatic hydroxyl groups is 2. The van der Waals surface area contributed by atoms with Gasteiger partial charge < -0.3 is 15.5 Å². The maximum absolute atomic E-state index is 9.45. The molecule has 0 amide bonds. The van der Waals surface area contributed by atoms with Gasteiger partial charge in [0.25, 0.3) is 0 Å². The molecular formula is C14H21NO2S. The minimum absolute atomic E-state index is 0.0423. The lowest BCUT2D eigenvalue weighted by molar-refractivity contribution is 0.381. The molecule has 18 heavy (non-hydrogen) atoms. The molecule has 1 fully saturated rings. The maximum atomic E-state index is 9.45. The Bertz CT molecular complexity index is 397. The SMILES string of the molecule is CSC1CCCCC1NCc1ccc(O)c(O)c1. The Labute approximate surface area is 113 Å². The second-order valence-electron chi connectivity index (χ2n) is 4.87. The molecule has 0 heterocycles. The van der Waals surface area contributed by atoms with E-state index < -0.39 is 0 Å². The monoisotopic (exact) mass is 267 g/mol. The maximum Gasteiger partial charge on any atom is 0.157 e. The highest BCUT2D eigenvalue weighted by molar-refractivity contribution is 7.99. The Balaban J connectivity index is 1.91. The highest BCUT2D eigenvalue weighted by Gasteiger charge is 2.23.